The molecule has 0 saturated heterocycles. The van der Waals surface area contributed by atoms with Gasteiger partial charge in [-0.2, -0.15) is 16.8 Å². The Labute approximate surface area is 206 Å². The molecule has 0 amide bonds. The Kier molecular flexibility index (Phi) is 186. The normalized spacial score (nSPS) is 4.62. The first-order chi connectivity index (χ1) is 9.76. The summed E-state index contributed by atoms with van der Waals surface area (Å²) in [6.45, 7) is 0. The summed E-state index contributed by atoms with van der Waals surface area (Å²) in [5.41, 5.74) is 0. The molecule has 0 spiro atoms. The van der Waals surface area contributed by atoms with Crippen LogP contribution in [-0.2, 0) is 23.1 Å². The van der Waals surface area contributed by atoms with Crippen LogP contribution < -0.4 is 0 Å². The van der Waals surface area contributed by atoms with Crippen LogP contribution in [-0.4, -0.2) is 124 Å². The molecule has 0 unspecified atom stereocenters. The van der Waals surface area contributed by atoms with Gasteiger partial charge in [-0.05, 0) is 0 Å². The molecule has 148 valence electrons. The van der Waals surface area contributed by atoms with Gasteiger partial charge < -0.3 is 72.2 Å². The first-order valence-electron chi connectivity index (χ1n) is 2.86. The molecule has 0 aliphatic rings. The maximum Gasteiger partial charge on any atom is 2.00 e. The molecule has 4 N–H and O–H groups in total. The first-order valence-corrected chi connectivity index (χ1v) is 4.19. The quantitative estimate of drug-likeness (QED) is 0.174. The van der Waals surface area contributed by atoms with Crippen LogP contribution in [0.3, 0.4) is 0 Å². The number of rotatable bonds is 0. The average molecular weight is 492 g/mol. The molecule has 0 bridgehead atoms. The van der Waals surface area contributed by atoms with E-state index in [1.807, 2.05) is 0 Å². The Morgan fingerprint density at radius 3 is 0.423 bits per heavy atom. The smallest absolute Gasteiger partial charge is 0.412 e. The van der Waals surface area contributed by atoms with E-state index in [9.17, 15) is 0 Å². The van der Waals surface area contributed by atoms with Crippen molar-refractivity contribution in [2.24, 2.45) is 0 Å². The predicted molar refractivity (Wildman–Crippen MR) is 78.0 cm³/mol. The molecule has 0 fully saturated rings. The van der Waals surface area contributed by atoms with Crippen molar-refractivity contribution in [2.45, 2.75) is 0 Å². The summed E-state index contributed by atoms with van der Waals surface area (Å²) in [5, 5.41) is 59.0. The molecule has 0 rings (SSSR count). The SMILES string of the molecule is O.O.O=S=O.O=S=O.O=[N+]([O-])[O-].O=[N+]([O-])[O-].O=[N+]([O-])[O-].O=[N+]([O-])[O-].[Ca+2].[Ca+2]. The Morgan fingerprint density at radius 2 is 0.423 bits per heavy atom. The van der Waals surface area contributed by atoms with Crippen molar-refractivity contribution in [1.29, 1.82) is 0 Å². The van der Waals surface area contributed by atoms with Crippen molar-refractivity contribution in [2.75, 3.05) is 0 Å². The molecule has 0 heterocycles. The molecular formula is H4Ca2N4O18S2. The molecule has 0 aromatic carbocycles. The maximum absolute atomic E-state index is 8.29. The minimum Gasteiger partial charge on any atom is -0.412 e. The van der Waals surface area contributed by atoms with Crippen LogP contribution in [0.25, 0.3) is 0 Å². The molecule has 0 aliphatic heterocycles. The zero-order valence-corrected chi connectivity index (χ0v) is 17.6. The van der Waals surface area contributed by atoms with E-state index in [1.54, 1.807) is 0 Å². The molecule has 0 radical (unpaired) electrons. The number of nitrogens with zero attached hydrogens (tertiary/aromatic N) is 4. The fourth-order valence-corrected chi connectivity index (χ4v) is 0. The molecule has 22 nitrogen and oxygen atoms in total. The summed E-state index contributed by atoms with van der Waals surface area (Å²) in [7, 11) is 0. The number of hydrogen-bond donors (Lipinski definition) is 0. The van der Waals surface area contributed by atoms with E-state index in [4.69, 9.17) is 78.1 Å². The largest absolute Gasteiger partial charge is 2.00 e. The molecule has 0 aromatic heterocycles. The van der Waals surface area contributed by atoms with E-state index in [-0.39, 0.29) is 86.4 Å². The molecule has 0 saturated carbocycles. The summed E-state index contributed by atoms with van der Waals surface area (Å²) in [4.78, 5) is 33.0. The third-order valence-electron chi connectivity index (χ3n) is 0. The average Bonchev–Trinajstić information content (AvgIpc) is 2.13. The van der Waals surface area contributed by atoms with Gasteiger partial charge in [0.2, 0.25) is 0 Å². The second-order valence-electron chi connectivity index (χ2n) is 1.03. The second kappa shape index (κ2) is 75.4. The van der Waals surface area contributed by atoms with Crippen LogP contribution in [0, 0.1) is 61.3 Å². The maximum atomic E-state index is 8.29. The Balaban J connectivity index is -0.0000000144. The molecular weight excluding hydrogens is 488 g/mol. The third-order valence-corrected chi connectivity index (χ3v) is 0. The summed E-state index contributed by atoms with van der Waals surface area (Å²) >= 11 is -1.50. The van der Waals surface area contributed by atoms with Crippen molar-refractivity contribution in [3.05, 3.63) is 61.3 Å². The third kappa shape index (κ3) is 8720. The van der Waals surface area contributed by atoms with Crippen molar-refractivity contribution in [3.8, 4) is 0 Å². The van der Waals surface area contributed by atoms with E-state index in [0.717, 1.165) is 0 Å². The van der Waals surface area contributed by atoms with E-state index in [2.05, 4.69) is 0 Å². The zero-order chi connectivity index (χ0) is 19.7. The van der Waals surface area contributed by atoms with Gasteiger partial charge in [-0.25, -0.2) is 0 Å². The summed E-state index contributed by atoms with van der Waals surface area (Å²) in [5.74, 6) is 0. The van der Waals surface area contributed by atoms with Gasteiger partial charge in [0.05, 0.1) is 20.3 Å². The van der Waals surface area contributed by atoms with Gasteiger partial charge in [-0.1, -0.05) is 0 Å². The summed E-state index contributed by atoms with van der Waals surface area (Å²) in [6, 6.07) is 0. The summed E-state index contributed by atoms with van der Waals surface area (Å²) < 4.78 is 33.2. The number of hydrogen-bond acceptors (Lipinski definition) is 16. The topological polar surface area (TPSA) is 396 Å². The fourth-order valence-electron chi connectivity index (χ4n) is 0. The second-order valence-corrected chi connectivity index (χ2v) is 1.30. The van der Waals surface area contributed by atoms with Crippen LogP contribution >= 0.6 is 0 Å². The van der Waals surface area contributed by atoms with Crippen molar-refractivity contribution < 1.29 is 48.1 Å². The van der Waals surface area contributed by atoms with Crippen LogP contribution in [0.5, 0.6) is 0 Å². The Morgan fingerprint density at radius 1 is 0.423 bits per heavy atom. The molecule has 0 atom stereocenters. The molecule has 26 heteroatoms. The first kappa shape index (κ1) is 64.1. The molecule has 26 heavy (non-hydrogen) atoms. The van der Waals surface area contributed by atoms with Crippen LogP contribution in [0.2, 0.25) is 0 Å². The molecule has 0 aromatic rings. The minimum atomic E-state index is -1.75. The standard InChI is InChI=1S/2Ca.4NO3.2O2S.2H2O/c;;4*2-1(3)4;2*1-3-2;;/h;;;;;;;;2*1H2/q2*+2;4*-1;;;;. The van der Waals surface area contributed by atoms with Gasteiger partial charge >= 0.3 is 98.6 Å². The van der Waals surface area contributed by atoms with Crippen molar-refractivity contribution in [1.82, 2.24) is 0 Å². The Hall–Kier alpha value is -1.12. The van der Waals surface area contributed by atoms with E-state index >= 15 is 0 Å². The zero-order valence-electron chi connectivity index (χ0n) is 11.6. The van der Waals surface area contributed by atoms with E-state index in [1.165, 1.54) is 0 Å². The van der Waals surface area contributed by atoms with Crippen LogP contribution in [0.1, 0.15) is 0 Å². The van der Waals surface area contributed by atoms with Crippen LogP contribution in [0.15, 0.2) is 0 Å². The predicted octanol–water partition coefficient (Wildman–Crippen LogP) is -4.71. The van der Waals surface area contributed by atoms with Gasteiger partial charge in [-0.3, -0.25) is 0 Å². The van der Waals surface area contributed by atoms with Crippen molar-refractivity contribution >= 4 is 98.6 Å². The summed E-state index contributed by atoms with van der Waals surface area (Å²) in [6.07, 6.45) is 0. The molecule has 0 aliphatic carbocycles. The monoisotopic (exact) mass is 492 g/mol. The van der Waals surface area contributed by atoms with E-state index < -0.39 is 43.5 Å². The van der Waals surface area contributed by atoms with Gasteiger partial charge in [0.1, 0.15) is 0 Å². The van der Waals surface area contributed by atoms with Gasteiger partial charge in [0, 0.05) is 0 Å². The fraction of sp³-hybridized carbons (Fsp3) is 0. The minimum absolute atomic E-state index is 0. The Bertz CT molecular complexity index is 295. The van der Waals surface area contributed by atoms with Crippen molar-refractivity contribution in [3.63, 3.8) is 0 Å². The van der Waals surface area contributed by atoms with E-state index in [0.29, 0.717) is 0 Å². The van der Waals surface area contributed by atoms with Gasteiger partial charge in [-0.15, -0.1) is 0 Å². The van der Waals surface area contributed by atoms with Gasteiger partial charge in [0.15, 0.2) is 0 Å². The van der Waals surface area contributed by atoms with Crippen LogP contribution in [0.4, 0.5) is 0 Å². The van der Waals surface area contributed by atoms with Gasteiger partial charge in [0.25, 0.3) is 0 Å².